The highest BCUT2D eigenvalue weighted by molar-refractivity contribution is 9.10. The van der Waals surface area contributed by atoms with E-state index < -0.39 is 6.04 Å². The number of hydrogen-bond acceptors (Lipinski definition) is 3. The number of nitrogens with one attached hydrogen (secondary N) is 1. The monoisotopic (exact) mass is 305 g/mol. The number of esters is 1. The van der Waals surface area contributed by atoms with Crippen LogP contribution in [-0.4, -0.2) is 18.6 Å². The largest absolute Gasteiger partial charge is 0.464 e. The molecule has 0 fully saturated rings. The highest BCUT2D eigenvalue weighted by Gasteiger charge is 2.15. The van der Waals surface area contributed by atoms with Gasteiger partial charge in [-0.05, 0) is 41.9 Å². The van der Waals surface area contributed by atoms with Crippen LogP contribution in [0.1, 0.15) is 13.8 Å². The van der Waals surface area contributed by atoms with Gasteiger partial charge in [-0.2, -0.15) is 0 Å². The molecule has 0 aromatic heterocycles. The molecule has 5 heteroatoms. The van der Waals surface area contributed by atoms with E-state index in [9.17, 15) is 4.79 Å². The predicted molar refractivity (Wildman–Crippen MR) is 68.9 cm³/mol. The van der Waals surface area contributed by atoms with Crippen LogP contribution >= 0.6 is 27.5 Å². The Labute approximate surface area is 108 Å². The Kier molecular flexibility index (Phi) is 5.09. The SMILES string of the molecule is CCOC(=O)C(C)Nc1cccc(Cl)c1Br. The van der Waals surface area contributed by atoms with Crippen LogP contribution in [0.3, 0.4) is 0 Å². The lowest BCUT2D eigenvalue weighted by Crippen LogP contribution is -2.28. The van der Waals surface area contributed by atoms with Crippen LogP contribution in [-0.2, 0) is 9.53 Å². The van der Waals surface area contributed by atoms with Gasteiger partial charge in [0, 0.05) is 0 Å². The molecular formula is C11H13BrClNO2. The first-order valence-electron chi connectivity index (χ1n) is 4.93. The van der Waals surface area contributed by atoms with Crippen molar-refractivity contribution in [3.05, 3.63) is 27.7 Å². The summed E-state index contributed by atoms with van der Waals surface area (Å²) in [5.74, 6) is -0.283. The second kappa shape index (κ2) is 6.11. The Bertz CT molecular complexity index is 384. The molecule has 0 aliphatic heterocycles. The van der Waals surface area contributed by atoms with Crippen LogP contribution in [0.2, 0.25) is 5.02 Å². The van der Waals surface area contributed by atoms with Crippen molar-refractivity contribution in [3.8, 4) is 0 Å². The topological polar surface area (TPSA) is 38.3 Å². The van der Waals surface area contributed by atoms with Gasteiger partial charge in [0.25, 0.3) is 0 Å². The maximum atomic E-state index is 11.4. The summed E-state index contributed by atoms with van der Waals surface area (Å²) < 4.78 is 5.64. The molecule has 0 bridgehead atoms. The summed E-state index contributed by atoms with van der Waals surface area (Å²) in [6.07, 6.45) is 0. The van der Waals surface area contributed by atoms with E-state index >= 15 is 0 Å². The normalized spacial score (nSPS) is 12.0. The summed E-state index contributed by atoms with van der Waals surface area (Å²) in [5.41, 5.74) is 0.771. The number of benzene rings is 1. The molecule has 1 aromatic rings. The van der Waals surface area contributed by atoms with Gasteiger partial charge in [-0.25, -0.2) is 4.79 Å². The van der Waals surface area contributed by atoms with Gasteiger partial charge < -0.3 is 10.1 Å². The van der Waals surface area contributed by atoms with Crippen molar-refractivity contribution in [1.29, 1.82) is 0 Å². The zero-order chi connectivity index (χ0) is 12.1. The average molecular weight is 307 g/mol. The van der Waals surface area contributed by atoms with Crippen LogP contribution in [0.4, 0.5) is 5.69 Å². The molecule has 0 heterocycles. The highest BCUT2D eigenvalue weighted by Crippen LogP contribution is 2.30. The zero-order valence-electron chi connectivity index (χ0n) is 9.09. The maximum Gasteiger partial charge on any atom is 0.328 e. The van der Waals surface area contributed by atoms with Crippen LogP contribution < -0.4 is 5.32 Å². The Balaban J connectivity index is 2.73. The summed E-state index contributed by atoms with van der Waals surface area (Å²) in [7, 11) is 0. The minimum Gasteiger partial charge on any atom is -0.464 e. The van der Waals surface area contributed by atoms with E-state index in [2.05, 4.69) is 21.2 Å². The van der Waals surface area contributed by atoms with Gasteiger partial charge in [-0.3, -0.25) is 0 Å². The van der Waals surface area contributed by atoms with Gasteiger partial charge in [-0.1, -0.05) is 17.7 Å². The zero-order valence-corrected chi connectivity index (χ0v) is 11.4. The standard InChI is InChI=1S/C11H13BrClNO2/c1-3-16-11(15)7(2)14-9-6-4-5-8(13)10(9)12/h4-7,14H,3H2,1-2H3. The first-order valence-corrected chi connectivity index (χ1v) is 6.10. The van der Waals surface area contributed by atoms with Crippen molar-refractivity contribution >= 4 is 39.2 Å². The molecule has 88 valence electrons. The molecule has 3 nitrogen and oxygen atoms in total. The first kappa shape index (κ1) is 13.3. The van der Waals surface area contributed by atoms with Crippen molar-refractivity contribution in [2.24, 2.45) is 0 Å². The van der Waals surface area contributed by atoms with Gasteiger partial charge in [0.2, 0.25) is 0 Å². The van der Waals surface area contributed by atoms with Crippen LogP contribution in [0, 0.1) is 0 Å². The molecule has 0 saturated carbocycles. The summed E-state index contributed by atoms with van der Waals surface area (Å²) in [4.78, 5) is 11.4. The van der Waals surface area contributed by atoms with Crippen LogP contribution in [0.25, 0.3) is 0 Å². The van der Waals surface area contributed by atoms with E-state index in [0.717, 1.165) is 10.2 Å². The molecule has 0 aliphatic carbocycles. The van der Waals surface area contributed by atoms with E-state index in [1.807, 2.05) is 12.1 Å². The number of carbonyl (C=O) groups excluding carboxylic acids is 1. The van der Waals surface area contributed by atoms with Crippen molar-refractivity contribution in [2.75, 3.05) is 11.9 Å². The number of halogens is 2. The molecule has 1 atom stereocenters. The molecular weight excluding hydrogens is 293 g/mol. The third-order valence-corrected chi connectivity index (χ3v) is 3.36. The molecule has 1 N–H and O–H groups in total. The quantitative estimate of drug-likeness (QED) is 0.866. The van der Waals surface area contributed by atoms with E-state index in [1.54, 1.807) is 19.9 Å². The number of rotatable bonds is 4. The summed E-state index contributed by atoms with van der Waals surface area (Å²) in [6, 6.07) is 5.01. The smallest absolute Gasteiger partial charge is 0.328 e. The number of ether oxygens (including phenoxy) is 1. The van der Waals surface area contributed by atoms with E-state index in [4.69, 9.17) is 16.3 Å². The molecule has 0 saturated heterocycles. The fourth-order valence-corrected chi connectivity index (χ4v) is 1.73. The van der Waals surface area contributed by atoms with Crippen molar-refractivity contribution in [1.82, 2.24) is 0 Å². The molecule has 0 spiro atoms. The van der Waals surface area contributed by atoms with Gasteiger partial charge >= 0.3 is 5.97 Å². The van der Waals surface area contributed by atoms with Crippen molar-refractivity contribution < 1.29 is 9.53 Å². The van der Waals surface area contributed by atoms with E-state index in [0.29, 0.717) is 11.6 Å². The Morgan fingerprint density at radius 2 is 2.31 bits per heavy atom. The molecule has 1 aromatic carbocycles. The fraction of sp³-hybridized carbons (Fsp3) is 0.364. The van der Waals surface area contributed by atoms with Gasteiger partial charge in [0.1, 0.15) is 6.04 Å². The molecule has 1 rings (SSSR count). The fourth-order valence-electron chi connectivity index (χ4n) is 1.17. The summed E-state index contributed by atoms with van der Waals surface area (Å²) in [5, 5.41) is 3.63. The summed E-state index contributed by atoms with van der Waals surface area (Å²) in [6.45, 7) is 3.90. The Morgan fingerprint density at radius 3 is 2.94 bits per heavy atom. The van der Waals surface area contributed by atoms with E-state index in [1.165, 1.54) is 0 Å². The average Bonchev–Trinajstić information content (AvgIpc) is 2.25. The third kappa shape index (κ3) is 3.39. The number of anilines is 1. The van der Waals surface area contributed by atoms with E-state index in [-0.39, 0.29) is 5.97 Å². The van der Waals surface area contributed by atoms with Gasteiger partial charge in [-0.15, -0.1) is 0 Å². The molecule has 1 unspecified atom stereocenters. The molecule has 0 aliphatic rings. The minimum atomic E-state index is -0.408. The Morgan fingerprint density at radius 1 is 1.62 bits per heavy atom. The second-order valence-electron chi connectivity index (χ2n) is 3.22. The number of carbonyl (C=O) groups is 1. The predicted octanol–water partition coefficient (Wildman–Crippen LogP) is 3.47. The van der Waals surface area contributed by atoms with Crippen molar-refractivity contribution in [3.63, 3.8) is 0 Å². The van der Waals surface area contributed by atoms with Crippen molar-refractivity contribution in [2.45, 2.75) is 19.9 Å². The molecule has 0 radical (unpaired) electrons. The van der Waals surface area contributed by atoms with Crippen LogP contribution in [0.15, 0.2) is 22.7 Å². The third-order valence-electron chi connectivity index (χ3n) is 1.96. The lowest BCUT2D eigenvalue weighted by Gasteiger charge is -2.15. The molecule has 0 amide bonds. The van der Waals surface area contributed by atoms with Gasteiger partial charge in [0.15, 0.2) is 0 Å². The minimum absolute atomic E-state index is 0.283. The maximum absolute atomic E-state index is 11.4. The highest BCUT2D eigenvalue weighted by atomic mass is 79.9. The second-order valence-corrected chi connectivity index (χ2v) is 4.42. The summed E-state index contributed by atoms with van der Waals surface area (Å²) >= 11 is 9.29. The first-order chi connectivity index (χ1) is 7.56. The van der Waals surface area contributed by atoms with Gasteiger partial charge in [0.05, 0.1) is 21.8 Å². The Hall–Kier alpha value is -0.740. The molecule has 16 heavy (non-hydrogen) atoms. The lowest BCUT2D eigenvalue weighted by molar-refractivity contribution is -0.143. The lowest BCUT2D eigenvalue weighted by atomic mass is 10.2. The number of hydrogen-bond donors (Lipinski definition) is 1. The van der Waals surface area contributed by atoms with Crippen LogP contribution in [0.5, 0.6) is 0 Å².